The molecule has 0 radical (unpaired) electrons. The fourth-order valence-corrected chi connectivity index (χ4v) is 8.11. The van der Waals surface area contributed by atoms with Crippen molar-refractivity contribution < 1.29 is 0 Å². The molecule has 248 valence electrons. The SMILES string of the molecule is c1cnc2cc3cc4cc(-c5ccc6cc7cc8ccc(-c9ccc%10cc%11cc%12ncccc%12cc%11cc%10n9)nc8cc7cc6n5)ccc4cc3cc2c1. The van der Waals surface area contributed by atoms with Crippen LogP contribution in [0.4, 0.5) is 0 Å². The minimum absolute atomic E-state index is 0.848. The molecule has 5 heterocycles. The molecule has 0 aliphatic heterocycles. The molecule has 12 aromatic rings. The van der Waals surface area contributed by atoms with E-state index >= 15 is 0 Å². The normalized spacial score (nSPS) is 12.1. The average molecular weight is 686 g/mol. The smallest absolute Gasteiger partial charge is 0.0894 e. The lowest BCUT2D eigenvalue weighted by molar-refractivity contribution is 1.32. The summed E-state index contributed by atoms with van der Waals surface area (Å²) < 4.78 is 0. The second kappa shape index (κ2) is 11.1. The molecule has 12 rings (SSSR count). The van der Waals surface area contributed by atoms with Crippen LogP contribution in [-0.4, -0.2) is 24.9 Å². The van der Waals surface area contributed by atoms with Gasteiger partial charge in [-0.15, -0.1) is 0 Å². The van der Waals surface area contributed by atoms with Gasteiger partial charge in [-0.1, -0.05) is 42.5 Å². The van der Waals surface area contributed by atoms with E-state index in [9.17, 15) is 0 Å². The van der Waals surface area contributed by atoms with Crippen molar-refractivity contribution in [3.05, 3.63) is 164 Å². The number of rotatable bonds is 2. The van der Waals surface area contributed by atoms with E-state index in [1.54, 1.807) is 0 Å². The summed E-state index contributed by atoms with van der Waals surface area (Å²) in [5.41, 5.74) is 8.58. The molecular weight excluding hydrogens is 659 g/mol. The van der Waals surface area contributed by atoms with Crippen LogP contribution in [-0.2, 0) is 0 Å². The molecule has 0 saturated heterocycles. The molecule has 0 unspecified atom stereocenters. The van der Waals surface area contributed by atoms with Crippen LogP contribution in [0.3, 0.4) is 0 Å². The zero-order chi connectivity index (χ0) is 35.3. The molecule has 5 aromatic heterocycles. The van der Waals surface area contributed by atoms with Gasteiger partial charge in [-0.2, -0.15) is 0 Å². The lowest BCUT2D eigenvalue weighted by atomic mass is 9.98. The van der Waals surface area contributed by atoms with E-state index in [4.69, 9.17) is 15.0 Å². The minimum Gasteiger partial charge on any atom is -0.256 e. The monoisotopic (exact) mass is 685 g/mol. The van der Waals surface area contributed by atoms with Crippen LogP contribution in [0, 0.1) is 0 Å². The van der Waals surface area contributed by atoms with E-state index in [0.717, 1.165) is 98.7 Å². The zero-order valence-corrected chi connectivity index (χ0v) is 28.8. The third kappa shape index (κ3) is 4.69. The van der Waals surface area contributed by atoms with Gasteiger partial charge in [0.2, 0.25) is 0 Å². The number of pyridine rings is 5. The largest absolute Gasteiger partial charge is 0.256 e. The maximum absolute atomic E-state index is 5.17. The van der Waals surface area contributed by atoms with E-state index in [0.29, 0.717) is 0 Å². The van der Waals surface area contributed by atoms with Gasteiger partial charge in [0.15, 0.2) is 0 Å². The summed E-state index contributed by atoms with van der Waals surface area (Å²) in [6, 6.07) is 54.0. The van der Waals surface area contributed by atoms with Gasteiger partial charge in [0.05, 0.1) is 44.7 Å². The van der Waals surface area contributed by atoms with Crippen LogP contribution in [0.5, 0.6) is 0 Å². The molecule has 5 nitrogen and oxygen atoms in total. The highest BCUT2D eigenvalue weighted by molar-refractivity contribution is 6.07. The number of hydrogen-bond acceptors (Lipinski definition) is 5. The Kier molecular flexibility index (Phi) is 5.99. The fraction of sp³-hybridized carbons (Fsp3) is 0. The molecule has 5 heteroatoms. The van der Waals surface area contributed by atoms with Crippen LogP contribution >= 0.6 is 0 Å². The van der Waals surface area contributed by atoms with Crippen LogP contribution in [0.15, 0.2) is 164 Å². The molecule has 0 spiro atoms. The van der Waals surface area contributed by atoms with Crippen molar-refractivity contribution in [1.82, 2.24) is 24.9 Å². The van der Waals surface area contributed by atoms with Gasteiger partial charge in [-0.25, -0.2) is 15.0 Å². The number of benzene rings is 7. The molecule has 54 heavy (non-hydrogen) atoms. The summed E-state index contributed by atoms with van der Waals surface area (Å²) in [6.07, 6.45) is 3.69. The van der Waals surface area contributed by atoms with Crippen molar-refractivity contribution in [3.63, 3.8) is 0 Å². The van der Waals surface area contributed by atoms with E-state index in [1.807, 2.05) is 24.5 Å². The Balaban J connectivity index is 0.919. The summed E-state index contributed by atoms with van der Waals surface area (Å²) in [7, 11) is 0. The first-order valence-electron chi connectivity index (χ1n) is 18.1. The van der Waals surface area contributed by atoms with E-state index in [2.05, 4.69) is 149 Å². The predicted octanol–water partition coefficient (Wildman–Crippen LogP) is 12.4. The van der Waals surface area contributed by atoms with Crippen LogP contribution in [0.1, 0.15) is 0 Å². The highest BCUT2D eigenvalue weighted by Crippen LogP contribution is 2.33. The van der Waals surface area contributed by atoms with Gasteiger partial charge in [0.1, 0.15) is 0 Å². The quantitative estimate of drug-likeness (QED) is 0.169. The molecule has 0 aliphatic rings. The van der Waals surface area contributed by atoms with Crippen LogP contribution in [0.2, 0.25) is 0 Å². The van der Waals surface area contributed by atoms with Crippen molar-refractivity contribution in [2.45, 2.75) is 0 Å². The second-order valence-electron chi connectivity index (χ2n) is 14.3. The van der Waals surface area contributed by atoms with Gasteiger partial charge in [0, 0.05) is 44.9 Å². The van der Waals surface area contributed by atoms with Crippen molar-refractivity contribution in [3.8, 4) is 22.6 Å². The molecule has 0 aliphatic carbocycles. The van der Waals surface area contributed by atoms with Crippen molar-refractivity contribution >= 4 is 97.6 Å². The predicted molar refractivity (Wildman–Crippen MR) is 224 cm³/mol. The number of fused-ring (bicyclic) bond motifs is 9. The van der Waals surface area contributed by atoms with Gasteiger partial charge < -0.3 is 0 Å². The molecular formula is C49H27N5. The Labute approximate surface area is 308 Å². The standard InChI is InChI=1S/C49H27N5/c1-3-29-16-36-15-28-5-6-31(18-35(28)22-40(36)24-46(29)51-13-1)42-10-7-32-19-37-20-33-8-11-44(54-49(33)27-41(37)26-47(32)52-42)43-12-9-34-21-38-23-45-30(4-2-14-50-45)17-39(38)25-48(34)53-43/h1-27H. The van der Waals surface area contributed by atoms with E-state index in [1.165, 1.54) is 21.5 Å². The number of hydrogen-bond donors (Lipinski definition) is 0. The Hall–Kier alpha value is -7.37. The minimum atomic E-state index is 0.848. The second-order valence-corrected chi connectivity index (χ2v) is 14.3. The van der Waals surface area contributed by atoms with E-state index in [-0.39, 0.29) is 0 Å². The lowest BCUT2D eigenvalue weighted by Crippen LogP contribution is -1.91. The Morgan fingerprint density at radius 1 is 0.241 bits per heavy atom. The first-order valence-corrected chi connectivity index (χ1v) is 18.1. The molecule has 0 fully saturated rings. The third-order valence-corrected chi connectivity index (χ3v) is 10.9. The van der Waals surface area contributed by atoms with Gasteiger partial charge in [-0.05, 0) is 152 Å². The topological polar surface area (TPSA) is 64.5 Å². The van der Waals surface area contributed by atoms with Crippen molar-refractivity contribution in [2.75, 3.05) is 0 Å². The first kappa shape index (κ1) is 29.2. The zero-order valence-electron chi connectivity index (χ0n) is 28.8. The molecule has 7 aromatic carbocycles. The number of aromatic nitrogens is 5. The highest BCUT2D eigenvalue weighted by Gasteiger charge is 2.11. The summed E-state index contributed by atoms with van der Waals surface area (Å²) >= 11 is 0. The van der Waals surface area contributed by atoms with Crippen LogP contribution < -0.4 is 0 Å². The maximum atomic E-state index is 5.17. The van der Waals surface area contributed by atoms with Crippen molar-refractivity contribution in [2.24, 2.45) is 0 Å². The Bertz CT molecular complexity index is 3340. The lowest BCUT2D eigenvalue weighted by Gasteiger charge is -2.09. The number of nitrogens with zero attached hydrogens (tertiary/aromatic N) is 5. The van der Waals surface area contributed by atoms with Gasteiger partial charge in [0.25, 0.3) is 0 Å². The molecule has 0 atom stereocenters. The summed E-state index contributed by atoms with van der Waals surface area (Å²) in [5.74, 6) is 0. The summed E-state index contributed by atoms with van der Waals surface area (Å²) in [4.78, 5) is 24.5. The third-order valence-electron chi connectivity index (χ3n) is 10.9. The first-order chi connectivity index (χ1) is 26.6. The molecule has 0 saturated carbocycles. The highest BCUT2D eigenvalue weighted by atomic mass is 14.8. The maximum Gasteiger partial charge on any atom is 0.0894 e. The van der Waals surface area contributed by atoms with Crippen LogP contribution in [0.25, 0.3) is 120 Å². The molecule has 0 bridgehead atoms. The fourth-order valence-electron chi connectivity index (χ4n) is 8.11. The average Bonchev–Trinajstić information content (AvgIpc) is 3.21. The Morgan fingerprint density at radius 2 is 0.593 bits per heavy atom. The summed E-state index contributed by atoms with van der Waals surface area (Å²) in [6.45, 7) is 0. The Morgan fingerprint density at radius 3 is 1.13 bits per heavy atom. The van der Waals surface area contributed by atoms with Crippen molar-refractivity contribution in [1.29, 1.82) is 0 Å². The van der Waals surface area contributed by atoms with Gasteiger partial charge in [-0.3, -0.25) is 9.97 Å². The molecule has 0 N–H and O–H groups in total. The summed E-state index contributed by atoms with van der Waals surface area (Å²) in [5, 5.41) is 14.9. The van der Waals surface area contributed by atoms with E-state index < -0.39 is 0 Å². The van der Waals surface area contributed by atoms with Gasteiger partial charge >= 0.3 is 0 Å². The molecule has 0 amide bonds.